The molecule has 1 saturated heterocycles. The second-order valence-electron chi connectivity index (χ2n) is 4.40. The SMILES string of the molecule is CSCCCN1CCC(OCCCN)CC1. The molecule has 0 aromatic heterocycles. The van der Waals surface area contributed by atoms with Gasteiger partial charge in [-0.25, -0.2) is 0 Å². The number of piperidine rings is 1. The summed E-state index contributed by atoms with van der Waals surface area (Å²) >= 11 is 1.94. The van der Waals surface area contributed by atoms with Gasteiger partial charge in [-0.3, -0.25) is 0 Å². The Labute approximate surface area is 104 Å². The fraction of sp³-hybridized carbons (Fsp3) is 1.00. The van der Waals surface area contributed by atoms with Gasteiger partial charge >= 0.3 is 0 Å². The van der Waals surface area contributed by atoms with Gasteiger partial charge in [0.2, 0.25) is 0 Å². The van der Waals surface area contributed by atoms with E-state index in [1.165, 1.54) is 44.6 Å². The van der Waals surface area contributed by atoms with Gasteiger partial charge in [-0.1, -0.05) is 0 Å². The maximum Gasteiger partial charge on any atom is 0.0599 e. The summed E-state index contributed by atoms with van der Waals surface area (Å²) in [5, 5.41) is 0. The minimum atomic E-state index is 0.489. The molecule has 0 bridgehead atoms. The van der Waals surface area contributed by atoms with Crippen molar-refractivity contribution in [2.75, 3.05) is 44.8 Å². The molecular weight excluding hydrogens is 220 g/mol. The molecule has 1 heterocycles. The van der Waals surface area contributed by atoms with Gasteiger partial charge in [0, 0.05) is 19.7 Å². The highest BCUT2D eigenvalue weighted by molar-refractivity contribution is 7.98. The van der Waals surface area contributed by atoms with Crippen LogP contribution in [0, 0.1) is 0 Å². The monoisotopic (exact) mass is 246 g/mol. The second-order valence-corrected chi connectivity index (χ2v) is 5.39. The van der Waals surface area contributed by atoms with Crippen LogP contribution in [0.5, 0.6) is 0 Å². The number of ether oxygens (including phenoxy) is 1. The molecule has 96 valence electrons. The van der Waals surface area contributed by atoms with E-state index in [1.54, 1.807) is 0 Å². The number of rotatable bonds is 8. The van der Waals surface area contributed by atoms with Gasteiger partial charge in [0.15, 0.2) is 0 Å². The van der Waals surface area contributed by atoms with Gasteiger partial charge in [-0.15, -0.1) is 0 Å². The number of hydrogen-bond donors (Lipinski definition) is 1. The van der Waals surface area contributed by atoms with E-state index in [-0.39, 0.29) is 0 Å². The number of nitrogens with two attached hydrogens (primary N) is 1. The number of thioether (sulfide) groups is 1. The molecule has 0 aliphatic carbocycles. The van der Waals surface area contributed by atoms with Crippen molar-refractivity contribution in [2.24, 2.45) is 5.73 Å². The lowest BCUT2D eigenvalue weighted by atomic mass is 10.1. The van der Waals surface area contributed by atoms with Crippen molar-refractivity contribution in [2.45, 2.75) is 31.8 Å². The Bertz CT molecular complexity index is 143. The van der Waals surface area contributed by atoms with Crippen molar-refractivity contribution in [1.82, 2.24) is 4.90 Å². The van der Waals surface area contributed by atoms with Crippen molar-refractivity contribution in [3.8, 4) is 0 Å². The van der Waals surface area contributed by atoms with Crippen LogP contribution in [-0.2, 0) is 4.74 Å². The van der Waals surface area contributed by atoms with Crippen LogP contribution >= 0.6 is 11.8 Å². The topological polar surface area (TPSA) is 38.5 Å². The van der Waals surface area contributed by atoms with Crippen molar-refractivity contribution in [1.29, 1.82) is 0 Å². The Morgan fingerprint density at radius 2 is 2.06 bits per heavy atom. The zero-order chi connectivity index (χ0) is 11.6. The van der Waals surface area contributed by atoms with E-state index in [0.717, 1.165) is 19.6 Å². The average Bonchev–Trinajstić information content (AvgIpc) is 2.32. The van der Waals surface area contributed by atoms with Crippen LogP contribution in [0.25, 0.3) is 0 Å². The second kappa shape index (κ2) is 9.28. The third-order valence-corrected chi connectivity index (χ3v) is 3.76. The van der Waals surface area contributed by atoms with Crippen LogP contribution in [0.2, 0.25) is 0 Å². The third-order valence-electron chi connectivity index (χ3n) is 3.06. The van der Waals surface area contributed by atoms with E-state index in [2.05, 4.69) is 11.2 Å². The molecule has 0 atom stereocenters. The molecule has 1 aliphatic rings. The summed E-state index contributed by atoms with van der Waals surface area (Å²) in [6.07, 6.45) is 7.38. The summed E-state index contributed by atoms with van der Waals surface area (Å²) in [5.41, 5.74) is 5.44. The summed E-state index contributed by atoms with van der Waals surface area (Å²) in [6, 6.07) is 0. The Morgan fingerprint density at radius 3 is 2.69 bits per heavy atom. The molecular formula is C12H26N2OS. The van der Waals surface area contributed by atoms with Crippen LogP contribution in [0.15, 0.2) is 0 Å². The van der Waals surface area contributed by atoms with E-state index >= 15 is 0 Å². The van der Waals surface area contributed by atoms with Crippen molar-refractivity contribution in [3.05, 3.63) is 0 Å². The van der Waals surface area contributed by atoms with Gasteiger partial charge in [0.25, 0.3) is 0 Å². The van der Waals surface area contributed by atoms with Crippen LogP contribution in [0.1, 0.15) is 25.7 Å². The van der Waals surface area contributed by atoms with E-state index in [9.17, 15) is 0 Å². The van der Waals surface area contributed by atoms with Crippen LogP contribution in [0.4, 0.5) is 0 Å². The number of likely N-dealkylation sites (tertiary alicyclic amines) is 1. The molecule has 0 aromatic rings. The molecule has 0 amide bonds. The zero-order valence-corrected chi connectivity index (χ0v) is 11.3. The first-order valence-electron chi connectivity index (χ1n) is 6.39. The highest BCUT2D eigenvalue weighted by Gasteiger charge is 2.18. The first kappa shape index (κ1) is 14.3. The first-order chi connectivity index (χ1) is 7.86. The maximum atomic E-state index is 5.79. The van der Waals surface area contributed by atoms with E-state index in [4.69, 9.17) is 10.5 Å². The highest BCUT2D eigenvalue weighted by atomic mass is 32.2. The van der Waals surface area contributed by atoms with Gasteiger partial charge in [-0.2, -0.15) is 11.8 Å². The van der Waals surface area contributed by atoms with Crippen molar-refractivity contribution in [3.63, 3.8) is 0 Å². The molecule has 16 heavy (non-hydrogen) atoms. The van der Waals surface area contributed by atoms with Gasteiger partial charge in [0.1, 0.15) is 0 Å². The molecule has 4 heteroatoms. The van der Waals surface area contributed by atoms with Crippen LogP contribution in [0.3, 0.4) is 0 Å². The Hall–Kier alpha value is 0.230. The summed E-state index contributed by atoms with van der Waals surface area (Å²) in [5.74, 6) is 1.28. The molecule has 0 radical (unpaired) electrons. The Morgan fingerprint density at radius 1 is 1.31 bits per heavy atom. The van der Waals surface area contributed by atoms with E-state index < -0.39 is 0 Å². The third kappa shape index (κ3) is 6.09. The lowest BCUT2D eigenvalue weighted by Crippen LogP contribution is -2.37. The quantitative estimate of drug-likeness (QED) is 0.660. The van der Waals surface area contributed by atoms with Crippen LogP contribution in [-0.4, -0.2) is 55.8 Å². The fourth-order valence-corrected chi connectivity index (χ4v) is 2.48. The lowest BCUT2D eigenvalue weighted by molar-refractivity contribution is 0.00739. The normalized spacial score (nSPS) is 19.1. The van der Waals surface area contributed by atoms with E-state index in [1.807, 2.05) is 11.8 Å². The summed E-state index contributed by atoms with van der Waals surface area (Å²) < 4.78 is 5.79. The molecule has 3 nitrogen and oxygen atoms in total. The Kier molecular flexibility index (Phi) is 8.29. The number of hydrogen-bond acceptors (Lipinski definition) is 4. The molecule has 2 N–H and O–H groups in total. The minimum Gasteiger partial charge on any atom is -0.378 e. The fourth-order valence-electron chi connectivity index (χ4n) is 2.07. The Balaban J connectivity index is 2.00. The van der Waals surface area contributed by atoms with Gasteiger partial charge in [0.05, 0.1) is 6.10 Å². The van der Waals surface area contributed by atoms with Crippen LogP contribution < -0.4 is 5.73 Å². The molecule has 0 aromatic carbocycles. The first-order valence-corrected chi connectivity index (χ1v) is 7.79. The molecule has 1 aliphatic heterocycles. The minimum absolute atomic E-state index is 0.489. The maximum absolute atomic E-state index is 5.79. The summed E-state index contributed by atoms with van der Waals surface area (Å²) in [6.45, 7) is 5.26. The molecule has 0 unspecified atom stereocenters. The predicted molar refractivity (Wildman–Crippen MR) is 72.1 cm³/mol. The highest BCUT2D eigenvalue weighted by Crippen LogP contribution is 2.14. The zero-order valence-electron chi connectivity index (χ0n) is 10.5. The van der Waals surface area contributed by atoms with Crippen molar-refractivity contribution < 1.29 is 4.74 Å². The number of nitrogens with zero attached hydrogens (tertiary/aromatic N) is 1. The smallest absolute Gasteiger partial charge is 0.0599 e. The van der Waals surface area contributed by atoms with Crippen molar-refractivity contribution >= 4 is 11.8 Å². The van der Waals surface area contributed by atoms with E-state index in [0.29, 0.717) is 6.10 Å². The largest absolute Gasteiger partial charge is 0.378 e. The van der Waals surface area contributed by atoms with Gasteiger partial charge in [-0.05, 0) is 50.8 Å². The molecule has 1 fully saturated rings. The summed E-state index contributed by atoms with van der Waals surface area (Å²) in [7, 11) is 0. The standard InChI is InChI=1S/C12H26N2OS/c1-16-11-3-7-14-8-4-12(5-9-14)15-10-2-6-13/h12H,2-11,13H2,1H3. The predicted octanol–water partition coefficient (Wildman–Crippen LogP) is 1.57. The molecule has 1 rings (SSSR count). The molecule has 0 spiro atoms. The average molecular weight is 246 g/mol. The molecule has 0 saturated carbocycles. The van der Waals surface area contributed by atoms with Gasteiger partial charge < -0.3 is 15.4 Å². The lowest BCUT2D eigenvalue weighted by Gasteiger charge is -2.31. The summed E-state index contributed by atoms with van der Waals surface area (Å²) in [4.78, 5) is 2.57.